The van der Waals surface area contributed by atoms with Crippen molar-refractivity contribution in [3.63, 3.8) is 0 Å². The van der Waals surface area contributed by atoms with Crippen molar-refractivity contribution in [3.05, 3.63) is 35.9 Å². The van der Waals surface area contributed by atoms with Gasteiger partial charge in [-0.15, -0.1) is 0 Å². The Morgan fingerprint density at radius 2 is 1.92 bits per heavy atom. The summed E-state index contributed by atoms with van der Waals surface area (Å²) in [5.41, 5.74) is 0.708. The highest BCUT2D eigenvalue weighted by atomic mass is 16.5. The molecule has 2 heteroatoms. The molecule has 1 aliphatic heterocycles. The average Bonchev–Trinajstić information content (AvgIpc) is 2.05. The summed E-state index contributed by atoms with van der Waals surface area (Å²) >= 11 is 0. The molecule has 1 aromatic rings. The molecule has 60 valence electrons. The summed E-state index contributed by atoms with van der Waals surface area (Å²) in [6.07, 6.45) is 0. The molecule has 1 aliphatic rings. The fourth-order valence-electron chi connectivity index (χ4n) is 1.36. The van der Waals surface area contributed by atoms with Crippen LogP contribution in [0.1, 0.15) is 5.56 Å². The highest BCUT2D eigenvalue weighted by Gasteiger charge is 2.40. The maximum Gasteiger partial charge on any atom is 0.129 e. The number of nitriles is 1. The van der Waals surface area contributed by atoms with E-state index in [0.29, 0.717) is 13.2 Å². The minimum Gasteiger partial charge on any atom is -0.377 e. The Kier molecular flexibility index (Phi) is 1.60. The van der Waals surface area contributed by atoms with Crippen molar-refractivity contribution in [1.29, 1.82) is 5.26 Å². The molecule has 0 aliphatic carbocycles. The van der Waals surface area contributed by atoms with Gasteiger partial charge in [0.2, 0.25) is 0 Å². The molecule has 2 nitrogen and oxygen atoms in total. The lowest BCUT2D eigenvalue weighted by molar-refractivity contribution is -0.0298. The zero-order chi connectivity index (χ0) is 8.44. The molecule has 1 heterocycles. The number of nitrogens with zero attached hydrogens (tertiary/aromatic N) is 1. The van der Waals surface area contributed by atoms with Gasteiger partial charge in [-0.25, -0.2) is 0 Å². The first-order chi connectivity index (χ1) is 5.87. The second-order valence-electron chi connectivity index (χ2n) is 3.05. The van der Waals surface area contributed by atoms with Crippen LogP contribution in [0.3, 0.4) is 0 Å². The molecule has 0 bridgehead atoms. The van der Waals surface area contributed by atoms with E-state index in [1.54, 1.807) is 0 Å². The third-order valence-corrected chi connectivity index (χ3v) is 2.24. The van der Waals surface area contributed by atoms with Crippen LogP contribution in [0.15, 0.2) is 30.3 Å². The summed E-state index contributed by atoms with van der Waals surface area (Å²) in [6.45, 7) is 1.07. The van der Waals surface area contributed by atoms with E-state index in [1.165, 1.54) is 0 Å². The Balaban J connectivity index is 2.36. The van der Waals surface area contributed by atoms with Crippen LogP contribution in [0.4, 0.5) is 0 Å². The molecule has 0 saturated carbocycles. The zero-order valence-corrected chi connectivity index (χ0v) is 6.66. The van der Waals surface area contributed by atoms with Crippen molar-refractivity contribution in [2.45, 2.75) is 5.41 Å². The normalized spacial score (nSPS) is 19.2. The lowest BCUT2D eigenvalue weighted by atomic mass is 9.80. The standard InChI is InChI=1S/C10H9NO/c11-6-10(7-12-8-10)9-4-2-1-3-5-9/h1-5H,7-8H2. The largest absolute Gasteiger partial charge is 0.377 e. The topological polar surface area (TPSA) is 33.0 Å². The number of hydrogen-bond acceptors (Lipinski definition) is 2. The molecule has 0 N–H and O–H groups in total. The molecule has 0 amide bonds. The molecule has 0 atom stereocenters. The van der Waals surface area contributed by atoms with E-state index < -0.39 is 0 Å². The first-order valence-electron chi connectivity index (χ1n) is 3.92. The highest BCUT2D eigenvalue weighted by Crippen LogP contribution is 2.30. The van der Waals surface area contributed by atoms with Gasteiger partial charge in [0.1, 0.15) is 5.41 Å². The van der Waals surface area contributed by atoms with E-state index in [-0.39, 0.29) is 5.41 Å². The van der Waals surface area contributed by atoms with Gasteiger partial charge in [-0.1, -0.05) is 30.3 Å². The Morgan fingerprint density at radius 1 is 1.25 bits per heavy atom. The lowest BCUT2D eigenvalue weighted by Gasteiger charge is -2.35. The van der Waals surface area contributed by atoms with E-state index in [9.17, 15) is 0 Å². The second-order valence-corrected chi connectivity index (χ2v) is 3.05. The molecule has 1 fully saturated rings. The van der Waals surface area contributed by atoms with Crippen LogP contribution in [0, 0.1) is 11.3 Å². The monoisotopic (exact) mass is 159 g/mol. The van der Waals surface area contributed by atoms with Crippen LogP contribution >= 0.6 is 0 Å². The van der Waals surface area contributed by atoms with Crippen LogP contribution in [0.2, 0.25) is 0 Å². The highest BCUT2D eigenvalue weighted by molar-refractivity contribution is 5.34. The molecule has 1 saturated heterocycles. The van der Waals surface area contributed by atoms with Crippen molar-refractivity contribution in [2.24, 2.45) is 0 Å². The molecule has 0 aromatic heterocycles. The molecule has 12 heavy (non-hydrogen) atoms. The molecule has 0 unspecified atom stereocenters. The minimum atomic E-state index is -0.360. The van der Waals surface area contributed by atoms with E-state index in [2.05, 4.69) is 6.07 Å². The third kappa shape index (κ3) is 0.910. The number of ether oxygens (including phenoxy) is 1. The maximum absolute atomic E-state index is 8.96. The molecular formula is C10H9NO. The number of rotatable bonds is 1. The Morgan fingerprint density at radius 3 is 2.33 bits per heavy atom. The lowest BCUT2D eigenvalue weighted by Crippen LogP contribution is -2.45. The summed E-state index contributed by atoms with van der Waals surface area (Å²) in [5, 5.41) is 8.96. The summed E-state index contributed by atoms with van der Waals surface area (Å²) in [6, 6.07) is 12.1. The van der Waals surface area contributed by atoms with Gasteiger partial charge in [-0.3, -0.25) is 0 Å². The van der Waals surface area contributed by atoms with Gasteiger partial charge in [0.15, 0.2) is 0 Å². The quantitative estimate of drug-likeness (QED) is 0.621. The molecular weight excluding hydrogens is 150 g/mol. The van der Waals surface area contributed by atoms with Gasteiger partial charge in [0, 0.05) is 0 Å². The zero-order valence-electron chi connectivity index (χ0n) is 6.66. The second kappa shape index (κ2) is 2.62. The van der Waals surface area contributed by atoms with Gasteiger partial charge in [-0.05, 0) is 5.56 Å². The van der Waals surface area contributed by atoms with Gasteiger partial charge >= 0.3 is 0 Å². The van der Waals surface area contributed by atoms with Crippen molar-refractivity contribution in [2.75, 3.05) is 13.2 Å². The van der Waals surface area contributed by atoms with Gasteiger partial charge in [0.25, 0.3) is 0 Å². The van der Waals surface area contributed by atoms with Crippen molar-refractivity contribution in [3.8, 4) is 6.07 Å². The Labute approximate surface area is 71.4 Å². The van der Waals surface area contributed by atoms with Crippen LogP contribution < -0.4 is 0 Å². The van der Waals surface area contributed by atoms with E-state index in [0.717, 1.165) is 5.56 Å². The van der Waals surface area contributed by atoms with Crippen molar-refractivity contribution >= 4 is 0 Å². The molecule has 1 aromatic carbocycles. The molecule has 0 radical (unpaired) electrons. The van der Waals surface area contributed by atoms with Crippen LogP contribution in [0.25, 0.3) is 0 Å². The van der Waals surface area contributed by atoms with Crippen LogP contribution in [0.5, 0.6) is 0 Å². The summed E-state index contributed by atoms with van der Waals surface area (Å²) in [5.74, 6) is 0. The van der Waals surface area contributed by atoms with Gasteiger partial charge in [-0.2, -0.15) is 5.26 Å². The molecule has 2 rings (SSSR count). The smallest absolute Gasteiger partial charge is 0.129 e. The number of benzene rings is 1. The van der Waals surface area contributed by atoms with E-state index in [1.807, 2.05) is 30.3 Å². The van der Waals surface area contributed by atoms with E-state index in [4.69, 9.17) is 10.00 Å². The molecule has 0 spiro atoms. The average molecular weight is 159 g/mol. The predicted molar refractivity (Wildman–Crippen MR) is 44.6 cm³/mol. The SMILES string of the molecule is N#CC1(c2ccccc2)COC1. The minimum absolute atomic E-state index is 0.360. The van der Waals surface area contributed by atoms with Crippen LogP contribution in [-0.2, 0) is 10.2 Å². The Hall–Kier alpha value is -1.33. The summed E-state index contributed by atoms with van der Waals surface area (Å²) in [7, 11) is 0. The first kappa shape index (κ1) is 7.33. The first-order valence-corrected chi connectivity index (χ1v) is 3.92. The van der Waals surface area contributed by atoms with Crippen molar-refractivity contribution < 1.29 is 4.74 Å². The predicted octanol–water partition coefficient (Wildman–Crippen LogP) is 1.48. The summed E-state index contributed by atoms with van der Waals surface area (Å²) < 4.78 is 5.06. The van der Waals surface area contributed by atoms with Gasteiger partial charge in [0.05, 0.1) is 19.3 Å². The third-order valence-electron chi connectivity index (χ3n) is 2.24. The fourth-order valence-corrected chi connectivity index (χ4v) is 1.36. The van der Waals surface area contributed by atoms with Crippen LogP contribution in [-0.4, -0.2) is 13.2 Å². The van der Waals surface area contributed by atoms with Crippen molar-refractivity contribution in [1.82, 2.24) is 0 Å². The summed E-state index contributed by atoms with van der Waals surface area (Å²) in [4.78, 5) is 0. The fraction of sp³-hybridized carbons (Fsp3) is 0.300. The van der Waals surface area contributed by atoms with Gasteiger partial charge < -0.3 is 4.74 Å². The number of hydrogen-bond donors (Lipinski definition) is 0. The van der Waals surface area contributed by atoms with E-state index >= 15 is 0 Å². The maximum atomic E-state index is 8.96. The Bertz CT molecular complexity index is 308.